The number of hydrogen-bond donors (Lipinski definition) is 4. The number of phenolic OH excluding ortho intramolecular Hbond substituents is 4. The minimum atomic E-state index is -4.25. The van der Waals surface area contributed by atoms with Crippen LogP contribution in [0.25, 0.3) is 0 Å². The van der Waals surface area contributed by atoms with Crippen LogP contribution in [0.15, 0.2) is 41.3 Å². The van der Waals surface area contributed by atoms with Crippen LogP contribution < -0.4 is 4.18 Å². The van der Waals surface area contributed by atoms with E-state index in [1.165, 1.54) is 0 Å². The lowest BCUT2D eigenvalue weighted by atomic mass is 10.3. The van der Waals surface area contributed by atoms with Crippen molar-refractivity contribution < 1.29 is 33.0 Å². The maximum Gasteiger partial charge on any atom is 0.339 e. The molecular weight excluding hydrogens is 288 g/mol. The van der Waals surface area contributed by atoms with E-state index < -0.39 is 33.1 Å². The van der Waals surface area contributed by atoms with Gasteiger partial charge in [-0.2, -0.15) is 8.42 Å². The topological polar surface area (TPSA) is 124 Å². The highest BCUT2D eigenvalue weighted by molar-refractivity contribution is 7.87. The van der Waals surface area contributed by atoms with Crippen molar-refractivity contribution in [2.24, 2.45) is 0 Å². The lowest BCUT2D eigenvalue weighted by Crippen LogP contribution is -2.09. The zero-order valence-corrected chi connectivity index (χ0v) is 10.7. The molecule has 0 saturated carbocycles. The molecule has 0 saturated heterocycles. The third-order valence-corrected chi connectivity index (χ3v) is 3.63. The number of aromatic hydroxyl groups is 4. The van der Waals surface area contributed by atoms with E-state index in [0.717, 1.165) is 36.4 Å². The fourth-order valence-electron chi connectivity index (χ4n) is 1.39. The van der Waals surface area contributed by atoms with E-state index in [9.17, 15) is 18.6 Å². The molecule has 2 aromatic carbocycles. The van der Waals surface area contributed by atoms with E-state index in [2.05, 4.69) is 0 Å². The van der Waals surface area contributed by atoms with Crippen molar-refractivity contribution in [1.82, 2.24) is 0 Å². The van der Waals surface area contributed by atoms with Crippen LogP contribution in [0.3, 0.4) is 0 Å². The molecule has 2 rings (SSSR count). The molecule has 2 aromatic rings. The molecule has 0 atom stereocenters. The van der Waals surface area contributed by atoms with Crippen molar-refractivity contribution in [3.8, 4) is 28.7 Å². The predicted octanol–water partition coefficient (Wildman–Crippen LogP) is 1.28. The molecule has 0 aliphatic heterocycles. The van der Waals surface area contributed by atoms with E-state index in [4.69, 9.17) is 14.4 Å². The molecule has 0 spiro atoms. The summed E-state index contributed by atoms with van der Waals surface area (Å²) >= 11 is 0. The Morgan fingerprint density at radius 1 is 0.750 bits per heavy atom. The fourth-order valence-corrected chi connectivity index (χ4v) is 2.33. The maximum absolute atomic E-state index is 11.9. The highest BCUT2D eigenvalue weighted by Gasteiger charge is 2.19. The van der Waals surface area contributed by atoms with Crippen molar-refractivity contribution in [1.29, 1.82) is 0 Å². The van der Waals surface area contributed by atoms with E-state index in [-0.39, 0.29) is 10.6 Å². The molecule has 0 heterocycles. The van der Waals surface area contributed by atoms with Gasteiger partial charge in [0.2, 0.25) is 0 Å². The molecule has 0 amide bonds. The first-order chi connectivity index (χ1) is 9.29. The van der Waals surface area contributed by atoms with Crippen LogP contribution in [0.5, 0.6) is 28.7 Å². The lowest BCUT2D eigenvalue weighted by Gasteiger charge is -2.08. The van der Waals surface area contributed by atoms with Crippen molar-refractivity contribution >= 4 is 10.1 Å². The lowest BCUT2D eigenvalue weighted by molar-refractivity contribution is 0.399. The Labute approximate surface area is 114 Å². The summed E-state index contributed by atoms with van der Waals surface area (Å²) in [6.45, 7) is 0. The van der Waals surface area contributed by atoms with Crippen LogP contribution in [0.4, 0.5) is 0 Å². The van der Waals surface area contributed by atoms with E-state index in [1.54, 1.807) is 0 Å². The summed E-state index contributed by atoms with van der Waals surface area (Å²) in [6, 6.07) is 6.00. The smallest absolute Gasteiger partial charge is 0.339 e. The predicted molar refractivity (Wildman–Crippen MR) is 67.4 cm³/mol. The van der Waals surface area contributed by atoms with Gasteiger partial charge in [0.15, 0.2) is 23.0 Å². The van der Waals surface area contributed by atoms with Crippen molar-refractivity contribution in [3.05, 3.63) is 36.4 Å². The van der Waals surface area contributed by atoms with Gasteiger partial charge in [0.1, 0.15) is 10.6 Å². The van der Waals surface area contributed by atoms with Crippen LogP contribution in [0.1, 0.15) is 0 Å². The first-order valence-electron chi connectivity index (χ1n) is 5.28. The number of rotatable bonds is 3. The molecule has 4 N–H and O–H groups in total. The third-order valence-electron chi connectivity index (χ3n) is 2.39. The Hall–Kier alpha value is -2.61. The van der Waals surface area contributed by atoms with Gasteiger partial charge in [-0.25, -0.2) is 0 Å². The van der Waals surface area contributed by atoms with Gasteiger partial charge in [-0.15, -0.1) is 0 Å². The van der Waals surface area contributed by atoms with E-state index in [1.807, 2.05) is 0 Å². The summed E-state index contributed by atoms with van der Waals surface area (Å²) in [5, 5.41) is 36.7. The van der Waals surface area contributed by atoms with Gasteiger partial charge in [0.25, 0.3) is 0 Å². The van der Waals surface area contributed by atoms with Crippen molar-refractivity contribution in [2.45, 2.75) is 4.90 Å². The number of benzene rings is 2. The molecule has 0 unspecified atom stereocenters. The van der Waals surface area contributed by atoms with Gasteiger partial charge < -0.3 is 24.6 Å². The molecular formula is C12H10O7S. The fraction of sp³-hybridized carbons (Fsp3) is 0. The zero-order chi connectivity index (χ0) is 14.9. The average molecular weight is 298 g/mol. The van der Waals surface area contributed by atoms with Gasteiger partial charge in [0.05, 0.1) is 0 Å². The van der Waals surface area contributed by atoms with Crippen LogP contribution in [-0.2, 0) is 10.1 Å². The van der Waals surface area contributed by atoms with Gasteiger partial charge in [-0.05, 0) is 24.3 Å². The van der Waals surface area contributed by atoms with Crippen molar-refractivity contribution in [2.75, 3.05) is 0 Å². The second-order valence-corrected chi connectivity index (χ2v) is 5.38. The summed E-state index contributed by atoms with van der Waals surface area (Å²) in [6.07, 6.45) is 0. The van der Waals surface area contributed by atoms with E-state index >= 15 is 0 Å². The first kappa shape index (κ1) is 13.8. The normalized spacial score (nSPS) is 11.2. The number of phenols is 4. The quantitative estimate of drug-likeness (QED) is 0.497. The molecule has 0 aromatic heterocycles. The first-order valence-corrected chi connectivity index (χ1v) is 6.69. The summed E-state index contributed by atoms with van der Waals surface area (Å²) in [5.74, 6) is -2.24. The zero-order valence-electron chi connectivity index (χ0n) is 9.89. The monoisotopic (exact) mass is 298 g/mol. The summed E-state index contributed by atoms with van der Waals surface area (Å²) in [5.41, 5.74) is 0. The highest BCUT2D eigenvalue weighted by Crippen LogP contribution is 2.32. The van der Waals surface area contributed by atoms with Crippen molar-refractivity contribution in [3.63, 3.8) is 0 Å². The van der Waals surface area contributed by atoms with Gasteiger partial charge in [0, 0.05) is 12.1 Å². The standard InChI is InChI=1S/C12H10O7S/c13-9-3-1-7(5-11(9)15)19-20(17,18)8-2-4-10(14)12(16)6-8/h1-6,13-16H. The molecule has 0 bridgehead atoms. The minimum Gasteiger partial charge on any atom is -0.504 e. The Balaban J connectivity index is 2.35. The summed E-state index contributed by atoms with van der Waals surface area (Å²) in [4.78, 5) is -0.375. The third kappa shape index (κ3) is 2.69. The van der Waals surface area contributed by atoms with Crippen LogP contribution in [-0.4, -0.2) is 28.8 Å². The van der Waals surface area contributed by atoms with Crippen LogP contribution in [0.2, 0.25) is 0 Å². The largest absolute Gasteiger partial charge is 0.504 e. The highest BCUT2D eigenvalue weighted by atomic mass is 32.2. The average Bonchev–Trinajstić information content (AvgIpc) is 2.37. The Morgan fingerprint density at radius 2 is 1.30 bits per heavy atom. The maximum atomic E-state index is 11.9. The second kappa shape index (κ2) is 4.82. The molecule has 106 valence electrons. The Bertz CT molecular complexity index is 752. The molecule has 0 radical (unpaired) electrons. The van der Waals surface area contributed by atoms with E-state index in [0.29, 0.717) is 0 Å². The number of hydrogen-bond acceptors (Lipinski definition) is 7. The van der Waals surface area contributed by atoms with Gasteiger partial charge in [-0.3, -0.25) is 0 Å². The van der Waals surface area contributed by atoms with Crippen LogP contribution in [0, 0.1) is 0 Å². The Morgan fingerprint density at radius 3 is 1.85 bits per heavy atom. The summed E-state index contributed by atoms with van der Waals surface area (Å²) < 4.78 is 28.5. The molecule has 0 aliphatic carbocycles. The Kier molecular flexibility index (Phi) is 3.33. The summed E-state index contributed by atoms with van der Waals surface area (Å²) in [7, 11) is -4.25. The molecule has 0 fully saturated rings. The van der Waals surface area contributed by atoms with Gasteiger partial charge >= 0.3 is 10.1 Å². The van der Waals surface area contributed by atoms with Gasteiger partial charge in [-0.1, -0.05) is 0 Å². The minimum absolute atomic E-state index is 0.215. The SMILES string of the molecule is O=S(=O)(Oc1ccc(O)c(O)c1)c1ccc(O)c(O)c1. The van der Waals surface area contributed by atoms with Crippen LogP contribution >= 0.6 is 0 Å². The molecule has 0 aliphatic rings. The molecule has 8 heteroatoms. The molecule has 7 nitrogen and oxygen atoms in total. The second-order valence-electron chi connectivity index (χ2n) is 3.84. The molecule has 20 heavy (non-hydrogen) atoms.